The Morgan fingerprint density at radius 3 is 2.32 bits per heavy atom. The highest BCUT2D eigenvalue weighted by Crippen LogP contribution is 2.14. The Balaban J connectivity index is 1.96. The van der Waals surface area contributed by atoms with Crippen LogP contribution in [0, 0.1) is 13.8 Å². The van der Waals surface area contributed by atoms with Crippen LogP contribution in [-0.2, 0) is 13.1 Å². The number of benzene rings is 2. The van der Waals surface area contributed by atoms with Gasteiger partial charge in [0.1, 0.15) is 5.75 Å². The van der Waals surface area contributed by atoms with Gasteiger partial charge in [0, 0.05) is 13.1 Å². The van der Waals surface area contributed by atoms with E-state index in [4.69, 9.17) is 4.74 Å². The van der Waals surface area contributed by atoms with Crippen LogP contribution in [0.15, 0.2) is 42.5 Å². The Hall–Kier alpha value is -1.80. The van der Waals surface area contributed by atoms with Crippen LogP contribution in [0.3, 0.4) is 0 Å². The molecule has 0 atom stereocenters. The van der Waals surface area contributed by atoms with Crippen molar-refractivity contribution < 1.29 is 4.74 Å². The van der Waals surface area contributed by atoms with E-state index in [0.717, 1.165) is 18.8 Å². The lowest BCUT2D eigenvalue weighted by molar-refractivity contribution is 0.414. The average Bonchev–Trinajstić information content (AvgIpc) is 2.42. The van der Waals surface area contributed by atoms with Crippen molar-refractivity contribution in [2.24, 2.45) is 0 Å². The van der Waals surface area contributed by atoms with Crippen molar-refractivity contribution in [3.05, 3.63) is 64.7 Å². The molecule has 0 unspecified atom stereocenters. The third kappa shape index (κ3) is 3.58. The molecule has 0 aliphatic heterocycles. The van der Waals surface area contributed by atoms with Crippen molar-refractivity contribution in [2.75, 3.05) is 7.11 Å². The molecule has 1 N–H and O–H groups in total. The summed E-state index contributed by atoms with van der Waals surface area (Å²) in [5, 5.41) is 3.50. The lowest BCUT2D eigenvalue weighted by Gasteiger charge is -2.11. The van der Waals surface area contributed by atoms with E-state index in [0.29, 0.717) is 0 Å². The van der Waals surface area contributed by atoms with Crippen LogP contribution in [0.25, 0.3) is 0 Å². The van der Waals surface area contributed by atoms with Gasteiger partial charge in [-0.25, -0.2) is 0 Å². The first-order valence-electron chi connectivity index (χ1n) is 6.59. The van der Waals surface area contributed by atoms with E-state index < -0.39 is 0 Å². The van der Waals surface area contributed by atoms with Gasteiger partial charge in [-0.05, 0) is 48.2 Å². The number of hydrogen-bond donors (Lipinski definition) is 1. The van der Waals surface area contributed by atoms with Crippen LogP contribution >= 0.6 is 0 Å². The predicted octanol–water partition coefficient (Wildman–Crippen LogP) is 3.60. The Kier molecular flexibility index (Phi) is 4.58. The topological polar surface area (TPSA) is 21.3 Å². The zero-order valence-corrected chi connectivity index (χ0v) is 11.9. The average molecular weight is 255 g/mol. The van der Waals surface area contributed by atoms with E-state index in [2.05, 4.69) is 49.5 Å². The van der Waals surface area contributed by atoms with E-state index in [1.54, 1.807) is 7.11 Å². The first-order chi connectivity index (χ1) is 9.20. The summed E-state index contributed by atoms with van der Waals surface area (Å²) in [6.07, 6.45) is 0. The van der Waals surface area contributed by atoms with Crippen LogP contribution < -0.4 is 10.1 Å². The van der Waals surface area contributed by atoms with Gasteiger partial charge >= 0.3 is 0 Å². The number of hydrogen-bond acceptors (Lipinski definition) is 2. The summed E-state index contributed by atoms with van der Waals surface area (Å²) in [5.41, 5.74) is 5.33. The lowest BCUT2D eigenvalue weighted by Crippen LogP contribution is -2.14. The van der Waals surface area contributed by atoms with Gasteiger partial charge in [0.2, 0.25) is 0 Å². The summed E-state index contributed by atoms with van der Waals surface area (Å²) in [6.45, 7) is 6.08. The molecule has 0 saturated carbocycles. The molecule has 100 valence electrons. The van der Waals surface area contributed by atoms with Crippen molar-refractivity contribution in [1.29, 1.82) is 0 Å². The van der Waals surface area contributed by atoms with E-state index in [-0.39, 0.29) is 0 Å². The van der Waals surface area contributed by atoms with Gasteiger partial charge in [0.05, 0.1) is 7.11 Å². The Bertz CT molecular complexity index is 528. The first kappa shape index (κ1) is 13.6. The van der Waals surface area contributed by atoms with E-state index in [1.807, 2.05) is 12.1 Å². The molecule has 19 heavy (non-hydrogen) atoms. The molecule has 0 heterocycles. The van der Waals surface area contributed by atoms with E-state index in [1.165, 1.54) is 22.3 Å². The maximum absolute atomic E-state index is 5.23. The van der Waals surface area contributed by atoms with Gasteiger partial charge in [-0.15, -0.1) is 0 Å². The third-order valence-corrected chi connectivity index (χ3v) is 3.41. The van der Waals surface area contributed by atoms with Crippen LogP contribution in [0.2, 0.25) is 0 Å². The van der Waals surface area contributed by atoms with Crippen LogP contribution in [0.1, 0.15) is 22.3 Å². The van der Waals surface area contributed by atoms with Crippen LogP contribution in [0.5, 0.6) is 5.75 Å². The molecule has 0 radical (unpaired) electrons. The van der Waals surface area contributed by atoms with Crippen molar-refractivity contribution in [3.63, 3.8) is 0 Å². The summed E-state index contributed by atoms with van der Waals surface area (Å²) in [6, 6.07) is 14.6. The van der Waals surface area contributed by atoms with Crippen molar-refractivity contribution in [3.8, 4) is 5.75 Å². The molecule has 0 aliphatic carbocycles. The zero-order chi connectivity index (χ0) is 13.7. The van der Waals surface area contributed by atoms with Gasteiger partial charge in [0.15, 0.2) is 0 Å². The van der Waals surface area contributed by atoms with Crippen LogP contribution in [-0.4, -0.2) is 7.11 Å². The fraction of sp³-hybridized carbons (Fsp3) is 0.294. The molecule has 2 rings (SSSR count). The Labute approximate surface area is 115 Å². The minimum Gasteiger partial charge on any atom is -0.497 e. The Morgan fingerprint density at radius 2 is 1.63 bits per heavy atom. The van der Waals surface area contributed by atoms with E-state index in [9.17, 15) is 0 Å². The minimum absolute atomic E-state index is 0.852. The van der Waals surface area contributed by atoms with Crippen molar-refractivity contribution in [2.45, 2.75) is 26.9 Å². The number of aryl methyl sites for hydroxylation is 2. The largest absolute Gasteiger partial charge is 0.497 e. The quantitative estimate of drug-likeness (QED) is 0.881. The molecule has 0 spiro atoms. The molecule has 2 aromatic carbocycles. The summed E-state index contributed by atoms with van der Waals surface area (Å²) in [7, 11) is 1.70. The van der Waals surface area contributed by atoms with Crippen LogP contribution in [0.4, 0.5) is 0 Å². The molecule has 0 aliphatic rings. The fourth-order valence-electron chi connectivity index (χ4n) is 2.24. The third-order valence-electron chi connectivity index (χ3n) is 3.41. The fourth-order valence-corrected chi connectivity index (χ4v) is 2.24. The smallest absolute Gasteiger partial charge is 0.119 e. The maximum atomic E-state index is 5.23. The summed E-state index contributed by atoms with van der Waals surface area (Å²) < 4.78 is 5.23. The van der Waals surface area contributed by atoms with Crippen molar-refractivity contribution >= 4 is 0 Å². The first-order valence-corrected chi connectivity index (χ1v) is 6.59. The molecule has 2 heteroatoms. The molecule has 2 aromatic rings. The molecule has 0 aromatic heterocycles. The lowest BCUT2D eigenvalue weighted by atomic mass is 10.0. The molecular weight excluding hydrogens is 234 g/mol. The normalized spacial score (nSPS) is 10.5. The standard InChI is InChI=1S/C17H21NO/c1-13-6-4-7-14(2)17(13)12-18-11-15-8-5-9-16(10-15)19-3/h4-10,18H,11-12H2,1-3H3. The van der Waals surface area contributed by atoms with Crippen molar-refractivity contribution in [1.82, 2.24) is 5.32 Å². The summed E-state index contributed by atoms with van der Waals surface area (Å²) >= 11 is 0. The molecule has 0 bridgehead atoms. The number of nitrogens with one attached hydrogen (secondary N) is 1. The van der Waals surface area contributed by atoms with Gasteiger partial charge < -0.3 is 10.1 Å². The Morgan fingerprint density at radius 1 is 0.947 bits per heavy atom. The monoisotopic (exact) mass is 255 g/mol. The second-order valence-electron chi connectivity index (χ2n) is 4.83. The molecular formula is C17H21NO. The number of ether oxygens (including phenoxy) is 1. The molecule has 2 nitrogen and oxygen atoms in total. The minimum atomic E-state index is 0.852. The van der Waals surface area contributed by atoms with Gasteiger partial charge in [-0.2, -0.15) is 0 Å². The predicted molar refractivity (Wildman–Crippen MR) is 79.5 cm³/mol. The van der Waals surface area contributed by atoms with Gasteiger partial charge in [-0.1, -0.05) is 30.3 Å². The highest BCUT2D eigenvalue weighted by molar-refractivity contribution is 5.33. The molecule has 0 saturated heterocycles. The SMILES string of the molecule is COc1cccc(CNCc2c(C)cccc2C)c1. The second-order valence-corrected chi connectivity index (χ2v) is 4.83. The van der Waals surface area contributed by atoms with Gasteiger partial charge in [-0.3, -0.25) is 0 Å². The molecule has 0 fully saturated rings. The highest BCUT2D eigenvalue weighted by Gasteiger charge is 2.02. The van der Waals surface area contributed by atoms with Gasteiger partial charge in [0.25, 0.3) is 0 Å². The summed E-state index contributed by atoms with van der Waals surface area (Å²) in [4.78, 5) is 0. The second kappa shape index (κ2) is 6.39. The number of methoxy groups -OCH3 is 1. The highest BCUT2D eigenvalue weighted by atomic mass is 16.5. The molecule has 0 amide bonds. The summed E-state index contributed by atoms with van der Waals surface area (Å²) in [5.74, 6) is 0.909. The van der Waals surface area contributed by atoms with E-state index >= 15 is 0 Å². The maximum Gasteiger partial charge on any atom is 0.119 e. The number of rotatable bonds is 5. The zero-order valence-electron chi connectivity index (χ0n) is 11.9.